The number of fused-ring (bicyclic) bond motifs is 1. The molecule has 0 aliphatic carbocycles. The summed E-state index contributed by atoms with van der Waals surface area (Å²) in [4.78, 5) is 9.03. The average Bonchev–Trinajstić information content (AvgIpc) is 2.47. The summed E-state index contributed by atoms with van der Waals surface area (Å²) in [5, 5.41) is 2.38. The summed E-state index contributed by atoms with van der Waals surface area (Å²) in [6.07, 6.45) is 3.78. The summed E-state index contributed by atoms with van der Waals surface area (Å²) in [6, 6.07) is 14.5. The van der Waals surface area contributed by atoms with E-state index in [1.54, 1.807) is 0 Å². The molecule has 0 bridgehead atoms. The number of pyridine rings is 2. The predicted octanol–water partition coefficient (Wildman–Crippen LogP) is 4.42. The van der Waals surface area contributed by atoms with Gasteiger partial charge in [0.05, 0.1) is 5.69 Å². The van der Waals surface area contributed by atoms with Crippen molar-refractivity contribution in [1.82, 2.24) is 9.97 Å². The highest BCUT2D eigenvalue weighted by molar-refractivity contribution is 5.94. The third-order valence-corrected chi connectivity index (χ3v) is 3.32. The van der Waals surface area contributed by atoms with E-state index in [4.69, 9.17) is 0 Å². The Kier molecular flexibility index (Phi) is 3.00. The van der Waals surface area contributed by atoms with Crippen molar-refractivity contribution in [2.24, 2.45) is 0 Å². The predicted molar refractivity (Wildman–Crippen MR) is 79.1 cm³/mol. The summed E-state index contributed by atoms with van der Waals surface area (Å²) in [5.74, 6) is 0.453. The van der Waals surface area contributed by atoms with Gasteiger partial charge in [0.25, 0.3) is 0 Å². The average molecular weight is 248 g/mol. The van der Waals surface area contributed by atoms with Crippen molar-refractivity contribution in [2.45, 2.75) is 19.8 Å². The molecular formula is C17H16N2. The molecule has 0 aliphatic heterocycles. The number of hydrogen-bond acceptors (Lipinski definition) is 2. The first-order valence-corrected chi connectivity index (χ1v) is 6.56. The fourth-order valence-corrected chi connectivity index (χ4v) is 2.24. The zero-order valence-electron chi connectivity index (χ0n) is 11.2. The Balaban J connectivity index is 2.14. The molecule has 0 radical (unpaired) electrons. The van der Waals surface area contributed by atoms with Crippen molar-refractivity contribution in [1.29, 1.82) is 0 Å². The lowest BCUT2D eigenvalue weighted by Crippen LogP contribution is -1.93. The molecule has 2 nitrogen and oxygen atoms in total. The van der Waals surface area contributed by atoms with Crippen molar-refractivity contribution in [2.75, 3.05) is 0 Å². The summed E-state index contributed by atoms with van der Waals surface area (Å²) in [7, 11) is 0. The molecule has 2 aromatic heterocycles. The van der Waals surface area contributed by atoms with E-state index in [2.05, 4.69) is 48.1 Å². The Morgan fingerprint density at radius 2 is 1.74 bits per heavy atom. The minimum Gasteiger partial charge on any atom is -0.260 e. The number of aromatic nitrogens is 2. The number of rotatable bonds is 2. The van der Waals surface area contributed by atoms with Crippen LogP contribution in [0.3, 0.4) is 0 Å². The van der Waals surface area contributed by atoms with Crippen LogP contribution < -0.4 is 0 Å². The standard InChI is InChI=1S/C17H16N2/c1-12(2)16-8-7-14(11-19-16)17-15-6-4-3-5-13(15)9-10-18-17/h3-12H,1-2H3. The van der Waals surface area contributed by atoms with Gasteiger partial charge in [-0.2, -0.15) is 0 Å². The number of benzene rings is 1. The van der Waals surface area contributed by atoms with E-state index in [0.717, 1.165) is 17.0 Å². The number of hydrogen-bond donors (Lipinski definition) is 0. The lowest BCUT2D eigenvalue weighted by Gasteiger charge is -2.07. The molecule has 94 valence electrons. The lowest BCUT2D eigenvalue weighted by atomic mass is 10.0. The van der Waals surface area contributed by atoms with Crippen molar-refractivity contribution < 1.29 is 0 Å². The normalized spacial score (nSPS) is 11.1. The Hall–Kier alpha value is -2.22. The zero-order valence-corrected chi connectivity index (χ0v) is 11.2. The van der Waals surface area contributed by atoms with Crippen LogP contribution in [0.5, 0.6) is 0 Å². The van der Waals surface area contributed by atoms with Gasteiger partial charge in [-0.3, -0.25) is 9.97 Å². The van der Waals surface area contributed by atoms with Gasteiger partial charge in [0.1, 0.15) is 0 Å². The van der Waals surface area contributed by atoms with E-state index < -0.39 is 0 Å². The van der Waals surface area contributed by atoms with E-state index in [9.17, 15) is 0 Å². The summed E-state index contributed by atoms with van der Waals surface area (Å²) >= 11 is 0. The summed E-state index contributed by atoms with van der Waals surface area (Å²) in [6.45, 7) is 4.30. The molecule has 0 saturated heterocycles. The molecule has 3 aromatic rings. The van der Waals surface area contributed by atoms with Crippen molar-refractivity contribution >= 4 is 10.8 Å². The zero-order chi connectivity index (χ0) is 13.2. The van der Waals surface area contributed by atoms with Gasteiger partial charge in [-0.1, -0.05) is 38.1 Å². The molecule has 0 fully saturated rings. The van der Waals surface area contributed by atoms with Gasteiger partial charge >= 0.3 is 0 Å². The highest BCUT2D eigenvalue weighted by Gasteiger charge is 2.06. The van der Waals surface area contributed by atoms with Gasteiger partial charge in [0, 0.05) is 29.0 Å². The second-order valence-electron chi connectivity index (χ2n) is 5.01. The summed E-state index contributed by atoms with van der Waals surface area (Å²) < 4.78 is 0. The largest absolute Gasteiger partial charge is 0.260 e. The monoisotopic (exact) mass is 248 g/mol. The fourth-order valence-electron chi connectivity index (χ4n) is 2.24. The second-order valence-corrected chi connectivity index (χ2v) is 5.01. The molecule has 0 amide bonds. The van der Waals surface area contributed by atoms with E-state index >= 15 is 0 Å². The molecule has 0 atom stereocenters. The van der Waals surface area contributed by atoms with Crippen molar-refractivity contribution in [3.05, 3.63) is 60.6 Å². The van der Waals surface area contributed by atoms with Crippen LogP contribution in [0.1, 0.15) is 25.5 Å². The maximum Gasteiger partial charge on any atom is 0.0795 e. The highest BCUT2D eigenvalue weighted by Crippen LogP contribution is 2.26. The fraction of sp³-hybridized carbons (Fsp3) is 0.176. The van der Waals surface area contributed by atoms with Gasteiger partial charge in [-0.15, -0.1) is 0 Å². The third-order valence-electron chi connectivity index (χ3n) is 3.32. The second kappa shape index (κ2) is 4.81. The molecule has 19 heavy (non-hydrogen) atoms. The Morgan fingerprint density at radius 3 is 2.47 bits per heavy atom. The molecule has 0 unspecified atom stereocenters. The van der Waals surface area contributed by atoms with E-state index in [-0.39, 0.29) is 0 Å². The Labute approximate surface area is 113 Å². The van der Waals surface area contributed by atoms with Gasteiger partial charge in [-0.05, 0) is 29.5 Å². The lowest BCUT2D eigenvalue weighted by molar-refractivity contribution is 0.823. The topological polar surface area (TPSA) is 25.8 Å². The molecule has 1 aromatic carbocycles. The van der Waals surface area contributed by atoms with Crippen LogP contribution in [0.15, 0.2) is 54.9 Å². The van der Waals surface area contributed by atoms with Crippen LogP contribution in [-0.2, 0) is 0 Å². The first-order chi connectivity index (χ1) is 9.25. The van der Waals surface area contributed by atoms with Crippen LogP contribution in [0.25, 0.3) is 22.0 Å². The molecule has 2 heteroatoms. The van der Waals surface area contributed by atoms with E-state index in [1.807, 2.05) is 30.6 Å². The smallest absolute Gasteiger partial charge is 0.0795 e. The van der Waals surface area contributed by atoms with Crippen LogP contribution in [-0.4, -0.2) is 9.97 Å². The Morgan fingerprint density at radius 1 is 0.895 bits per heavy atom. The van der Waals surface area contributed by atoms with Gasteiger partial charge in [0.15, 0.2) is 0 Å². The minimum atomic E-state index is 0.453. The van der Waals surface area contributed by atoms with Crippen molar-refractivity contribution in [3.63, 3.8) is 0 Å². The van der Waals surface area contributed by atoms with Crippen LogP contribution >= 0.6 is 0 Å². The van der Waals surface area contributed by atoms with Gasteiger partial charge < -0.3 is 0 Å². The van der Waals surface area contributed by atoms with Crippen LogP contribution in [0.4, 0.5) is 0 Å². The van der Waals surface area contributed by atoms with Gasteiger partial charge in [-0.25, -0.2) is 0 Å². The first kappa shape index (κ1) is 11.8. The molecular weight excluding hydrogens is 232 g/mol. The van der Waals surface area contributed by atoms with Crippen LogP contribution in [0.2, 0.25) is 0 Å². The van der Waals surface area contributed by atoms with Crippen molar-refractivity contribution in [3.8, 4) is 11.3 Å². The SMILES string of the molecule is CC(C)c1ccc(-c2nccc3ccccc23)cn1. The molecule has 0 saturated carbocycles. The Bertz CT molecular complexity index is 695. The molecule has 0 aliphatic rings. The highest BCUT2D eigenvalue weighted by atomic mass is 14.7. The minimum absolute atomic E-state index is 0.453. The maximum atomic E-state index is 4.52. The quantitative estimate of drug-likeness (QED) is 0.671. The molecule has 0 N–H and O–H groups in total. The molecule has 2 heterocycles. The van der Waals surface area contributed by atoms with E-state index in [0.29, 0.717) is 5.92 Å². The molecule has 0 spiro atoms. The van der Waals surface area contributed by atoms with E-state index in [1.165, 1.54) is 10.8 Å². The number of nitrogens with zero attached hydrogens (tertiary/aromatic N) is 2. The maximum absolute atomic E-state index is 4.52. The summed E-state index contributed by atoms with van der Waals surface area (Å²) in [5.41, 5.74) is 3.19. The van der Waals surface area contributed by atoms with Crippen LogP contribution in [0, 0.1) is 0 Å². The van der Waals surface area contributed by atoms with Gasteiger partial charge in [0.2, 0.25) is 0 Å². The third kappa shape index (κ3) is 2.22. The molecule has 3 rings (SSSR count). The first-order valence-electron chi connectivity index (χ1n) is 6.56.